The van der Waals surface area contributed by atoms with Gasteiger partial charge in [-0.1, -0.05) is 28.1 Å². The van der Waals surface area contributed by atoms with E-state index in [4.69, 9.17) is 0 Å². The number of nitrogens with one attached hydrogen (secondary N) is 2. The Labute approximate surface area is 133 Å². The minimum atomic E-state index is -0.100. The van der Waals surface area contributed by atoms with Crippen LogP contribution in [-0.2, 0) is 0 Å². The molecule has 0 aliphatic carbocycles. The summed E-state index contributed by atoms with van der Waals surface area (Å²) in [4.78, 5) is 12.5. The highest BCUT2D eigenvalue weighted by atomic mass is 79.9. The lowest BCUT2D eigenvalue weighted by molar-refractivity contribution is 0.0887. The summed E-state index contributed by atoms with van der Waals surface area (Å²) in [5, 5.41) is 8.74. The maximum absolute atomic E-state index is 12.5. The zero-order valence-electron chi connectivity index (χ0n) is 12.1. The Balaban J connectivity index is 1.82. The van der Waals surface area contributed by atoms with Gasteiger partial charge in [0.2, 0.25) is 0 Å². The van der Waals surface area contributed by atoms with Crippen molar-refractivity contribution in [3.05, 3.63) is 46.4 Å². The van der Waals surface area contributed by atoms with E-state index >= 15 is 0 Å². The smallest absolute Gasteiger partial charge is 0.251 e. The Morgan fingerprint density at radius 1 is 1.14 bits per heavy atom. The fraction of sp³-hybridized carbons (Fsp3) is 0.353. The minimum Gasteiger partial charge on any atom is -0.347 e. The number of hydrogen-bond donors (Lipinski definition) is 2. The van der Waals surface area contributed by atoms with Crippen LogP contribution in [0.4, 0.5) is 0 Å². The van der Waals surface area contributed by atoms with Gasteiger partial charge in [0, 0.05) is 15.6 Å². The summed E-state index contributed by atoms with van der Waals surface area (Å²) >= 11 is 3.47. The van der Waals surface area contributed by atoms with E-state index in [1.165, 1.54) is 0 Å². The summed E-state index contributed by atoms with van der Waals surface area (Å²) in [5.74, 6) is 0.0178. The first-order valence-corrected chi connectivity index (χ1v) is 8.08. The molecule has 2 aromatic rings. The third-order valence-corrected chi connectivity index (χ3v) is 4.68. The van der Waals surface area contributed by atoms with E-state index in [9.17, 15) is 4.79 Å². The third kappa shape index (κ3) is 3.27. The second-order valence-electron chi connectivity index (χ2n) is 5.97. The van der Waals surface area contributed by atoms with Crippen LogP contribution >= 0.6 is 15.9 Å². The standard InChI is InChI=1S/C17H19BrN2O/c1-17(6-8-19-9-7-17)20-16(21)14-3-2-13-11-15(18)5-4-12(13)10-14/h2-5,10-11,19H,6-9H2,1H3,(H,20,21). The van der Waals surface area contributed by atoms with Crippen LogP contribution in [0.2, 0.25) is 0 Å². The van der Waals surface area contributed by atoms with Gasteiger partial charge in [0.25, 0.3) is 5.91 Å². The van der Waals surface area contributed by atoms with Crippen molar-refractivity contribution in [1.29, 1.82) is 0 Å². The molecule has 1 fully saturated rings. The van der Waals surface area contributed by atoms with Crippen LogP contribution in [0.3, 0.4) is 0 Å². The van der Waals surface area contributed by atoms with Crippen LogP contribution in [-0.4, -0.2) is 24.5 Å². The van der Waals surface area contributed by atoms with Gasteiger partial charge in [0.15, 0.2) is 0 Å². The predicted molar refractivity (Wildman–Crippen MR) is 89.6 cm³/mol. The lowest BCUT2D eigenvalue weighted by Gasteiger charge is -2.35. The molecule has 0 aromatic heterocycles. The molecule has 0 spiro atoms. The van der Waals surface area contributed by atoms with Crippen molar-refractivity contribution >= 4 is 32.6 Å². The van der Waals surface area contributed by atoms with Crippen LogP contribution in [0.25, 0.3) is 10.8 Å². The number of piperidine rings is 1. The summed E-state index contributed by atoms with van der Waals surface area (Å²) in [6.07, 6.45) is 1.94. The average Bonchev–Trinajstić information content (AvgIpc) is 2.47. The molecule has 21 heavy (non-hydrogen) atoms. The highest BCUT2D eigenvalue weighted by Gasteiger charge is 2.28. The van der Waals surface area contributed by atoms with E-state index in [1.54, 1.807) is 0 Å². The number of fused-ring (bicyclic) bond motifs is 1. The summed E-state index contributed by atoms with van der Waals surface area (Å²) in [6, 6.07) is 11.9. The molecule has 2 N–H and O–H groups in total. The maximum Gasteiger partial charge on any atom is 0.251 e. The number of hydrogen-bond acceptors (Lipinski definition) is 2. The van der Waals surface area contributed by atoms with Gasteiger partial charge in [-0.05, 0) is 67.9 Å². The molecule has 0 radical (unpaired) electrons. The highest BCUT2D eigenvalue weighted by Crippen LogP contribution is 2.22. The quantitative estimate of drug-likeness (QED) is 0.873. The second kappa shape index (κ2) is 5.78. The summed E-state index contributed by atoms with van der Waals surface area (Å²) in [7, 11) is 0. The van der Waals surface area contributed by atoms with Gasteiger partial charge < -0.3 is 10.6 Å². The van der Waals surface area contributed by atoms with E-state index in [0.29, 0.717) is 0 Å². The van der Waals surface area contributed by atoms with E-state index in [0.717, 1.165) is 46.7 Å². The number of halogens is 1. The topological polar surface area (TPSA) is 41.1 Å². The Morgan fingerprint density at radius 2 is 1.81 bits per heavy atom. The monoisotopic (exact) mass is 346 g/mol. The van der Waals surface area contributed by atoms with E-state index in [1.807, 2.05) is 30.3 Å². The zero-order valence-corrected chi connectivity index (χ0v) is 13.7. The van der Waals surface area contributed by atoms with Crippen LogP contribution in [0.1, 0.15) is 30.1 Å². The Morgan fingerprint density at radius 3 is 2.57 bits per heavy atom. The van der Waals surface area contributed by atoms with Crippen LogP contribution in [0, 0.1) is 0 Å². The second-order valence-corrected chi connectivity index (χ2v) is 6.89. The number of carbonyl (C=O) groups excluding carboxylic acids is 1. The van der Waals surface area contributed by atoms with Crippen LogP contribution in [0.5, 0.6) is 0 Å². The molecule has 0 atom stereocenters. The van der Waals surface area contributed by atoms with Crippen molar-refractivity contribution < 1.29 is 4.79 Å². The molecule has 3 nitrogen and oxygen atoms in total. The number of amides is 1. The number of benzene rings is 2. The van der Waals surface area contributed by atoms with Gasteiger partial charge in [-0.15, -0.1) is 0 Å². The number of carbonyl (C=O) groups is 1. The van der Waals surface area contributed by atoms with Crippen molar-refractivity contribution in [2.45, 2.75) is 25.3 Å². The Hall–Kier alpha value is -1.39. The van der Waals surface area contributed by atoms with Crippen molar-refractivity contribution in [3.63, 3.8) is 0 Å². The molecule has 2 aromatic carbocycles. The maximum atomic E-state index is 12.5. The molecule has 110 valence electrons. The van der Waals surface area contributed by atoms with Gasteiger partial charge in [0.1, 0.15) is 0 Å². The van der Waals surface area contributed by atoms with Crippen LogP contribution < -0.4 is 10.6 Å². The molecular weight excluding hydrogens is 328 g/mol. The Kier molecular flexibility index (Phi) is 4.00. The average molecular weight is 347 g/mol. The molecule has 0 unspecified atom stereocenters. The van der Waals surface area contributed by atoms with Crippen molar-refractivity contribution in [3.8, 4) is 0 Å². The third-order valence-electron chi connectivity index (χ3n) is 4.19. The van der Waals surface area contributed by atoms with Crippen LogP contribution in [0.15, 0.2) is 40.9 Å². The summed E-state index contributed by atoms with van der Waals surface area (Å²) < 4.78 is 1.05. The lowest BCUT2D eigenvalue weighted by Crippen LogP contribution is -2.52. The van der Waals surface area contributed by atoms with Gasteiger partial charge in [-0.3, -0.25) is 4.79 Å². The van der Waals surface area contributed by atoms with Crippen molar-refractivity contribution in [2.75, 3.05) is 13.1 Å². The molecule has 1 saturated heterocycles. The molecule has 1 amide bonds. The predicted octanol–water partition coefficient (Wildman–Crippen LogP) is 3.47. The molecule has 4 heteroatoms. The summed E-state index contributed by atoms with van der Waals surface area (Å²) in [5.41, 5.74) is 0.626. The van der Waals surface area contributed by atoms with Crippen molar-refractivity contribution in [2.24, 2.45) is 0 Å². The number of rotatable bonds is 2. The first kappa shape index (κ1) is 14.5. The molecule has 1 heterocycles. The van der Waals surface area contributed by atoms with Gasteiger partial charge in [0.05, 0.1) is 0 Å². The minimum absolute atomic E-state index is 0.0178. The van der Waals surface area contributed by atoms with E-state index in [2.05, 4.69) is 39.6 Å². The fourth-order valence-electron chi connectivity index (χ4n) is 2.81. The van der Waals surface area contributed by atoms with E-state index < -0.39 is 0 Å². The SMILES string of the molecule is CC1(NC(=O)c2ccc3cc(Br)ccc3c2)CCNCC1. The molecule has 1 aliphatic rings. The fourth-order valence-corrected chi connectivity index (χ4v) is 3.19. The molecular formula is C17H19BrN2O. The summed E-state index contributed by atoms with van der Waals surface area (Å²) in [6.45, 7) is 4.05. The van der Waals surface area contributed by atoms with Gasteiger partial charge >= 0.3 is 0 Å². The molecule has 3 rings (SSSR count). The first-order chi connectivity index (χ1) is 10.1. The lowest BCUT2D eigenvalue weighted by atomic mass is 9.90. The molecule has 0 bridgehead atoms. The van der Waals surface area contributed by atoms with E-state index in [-0.39, 0.29) is 11.4 Å². The van der Waals surface area contributed by atoms with Crippen molar-refractivity contribution in [1.82, 2.24) is 10.6 Å². The zero-order chi connectivity index (χ0) is 14.9. The highest BCUT2D eigenvalue weighted by molar-refractivity contribution is 9.10. The largest absolute Gasteiger partial charge is 0.347 e. The van der Waals surface area contributed by atoms with Gasteiger partial charge in [-0.25, -0.2) is 0 Å². The molecule has 1 aliphatic heterocycles. The Bertz CT molecular complexity index is 678. The molecule has 0 saturated carbocycles. The van der Waals surface area contributed by atoms with Gasteiger partial charge in [-0.2, -0.15) is 0 Å². The first-order valence-electron chi connectivity index (χ1n) is 7.28. The normalized spacial score (nSPS) is 17.6.